The van der Waals surface area contributed by atoms with E-state index in [0.29, 0.717) is 5.91 Å². The molecular formula is C25H31N7O. The summed E-state index contributed by atoms with van der Waals surface area (Å²) >= 11 is 0. The Morgan fingerprint density at radius 1 is 0.879 bits per heavy atom. The molecule has 0 bridgehead atoms. The highest BCUT2D eigenvalue weighted by molar-refractivity contribution is 5.80. The summed E-state index contributed by atoms with van der Waals surface area (Å²) in [4.78, 5) is 29.2. The molecule has 8 nitrogen and oxygen atoms in total. The van der Waals surface area contributed by atoms with Gasteiger partial charge in [0.1, 0.15) is 11.3 Å². The zero-order chi connectivity index (χ0) is 22.2. The Morgan fingerprint density at radius 3 is 2.48 bits per heavy atom. The number of anilines is 2. The number of nitrogens with zero attached hydrogens (tertiary/aromatic N) is 7. The third-order valence-electron chi connectivity index (χ3n) is 7.51. The van der Waals surface area contributed by atoms with Crippen LogP contribution >= 0.6 is 0 Å². The van der Waals surface area contributed by atoms with Crippen LogP contribution in [0.25, 0.3) is 5.52 Å². The van der Waals surface area contributed by atoms with Crippen LogP contribution in [-0.2, 0) is 17.6 Å². The monoisotopic (exact) mass is 445 g/mol. The van der Waals surface area contributed by atoms with Gasteiger partial charge in [0.05, 0.1) is 5.69 Å². The number of rotatable bonds is 3. The molecule has 172 valence electrons. The van der Waals surface area contributed by atoms with Crippen LogP contribution < -0.4 is 9.80 Å². The molecule has 5 heterocycles. The van der Waals surface area contributed by atoms with Crippen molar-refractivity contribution in [2.75, 3.05) is 49.1 Å². The van der Waals surface area contributed by atoms with Crippen LogP contribution in [0.2, 0.25) is 0 Å². The Balaban J connectivity index is 1.10. The summed E-state index contributed by atoms with van der Waals surface area (Å²) in [5.74, 6) is 2.48. The number of fused-ring (bicyclic) bond motifs is 3. The number of pyridine rings is 1. The van der Waals surface area contributed by atoms with Crippen molar-refractivity contribution in [1.82, 2.24) is 24.5 Å². The molecule has 3 aliphatic rings. The summed E-state index contributed by atoms with van der Waals surface area (Å²) in [5.41, 5.74) is 3.81. The van der Waals surface area contributed by atoms with Gasteiger partial charge in [-0.1, -0.05) is 6.07 Å². The molecule has 0 unspecified atom stereocenters. The summed E-state index contributed by atoms with van der Waals surface area (Å²) in [7, 11) is 0. The highest BCUT2D eigenvalue weighted by Crippen LogP contribution is 2.32. The Kier molecular flexibility index (Phi) is 5.36. The fourth-order valence-electron chi connectivity index (χ4n) is 5.67. The molecule has 2 saturated heterocycles. The SMILES string of the molecule is O=C(C1CCN(c2nccn3nc4c(c23)CCCC4)CC1)N1CCN(c2ccccn2)CC1. The lowest BCUT2D eigenvalue weighted by atomic mass is 9.94. The third-order valence-corrected chi connectivity index (χ3v) is 7.51. The average molecular weight is 446 g/mol. The number of hydrogen-bond acceptors (Lipinski definition) is 6. The number of hydrogen-bond donors (Lipinski definition) is 0. The quantitative estimate of drug-likeness (QED) is 0.617. The molecule has 3 aromatic heterocycles. The van der Waals surface area contributed by atoms with Crippen molar-refractivity contribution >= 4 is 23.1 Å². The van der Waals surface area contributed by atoms with E-state index in [1.54, 1.807) is 0 Å². The molecule has 2 fully saturated rings. The molecule has 2 aliphatic heterocycles. The number of carbonyl (C=O) groups is 1. The molecule has 0 N–H and O–H groups in total. The second-order valence-electron chi connectivity index (χ2n) is 9.44. The van der Waals surface area contributed by atoms with Gasteiger partial charge in [-0.3, -0.25) is 4.79 Å². The molecule has 0 spiro atoms. The molecule has 0 aromatic carbocycles. The number of piperazine rings is 1. The van der Waals surface area contributed by atoms with E-state index in [2.05, 4.69) is 19.7 Å². The fourth-order valence-corrected chi connectivity index (χ4v) is 5.67. The Labute approximate surface area is 194 Å². The van der Waals surface area contributed by atoms with Gasteiger partial charge in [-0.25, -0.2) is 14.5 Å². The maximum atomic E-state index is 13.2. The first-order valence-corrected chi connectivity index (χ1v) is 12.3. The van der Waals surface area contributed by atoms with Crippen LogP contribution in [0.1, 0.15) is 36.9 Å². The number of piperidine rings is 1. The summed E-state index contributed by atoms with van der Waals surface area (Å²) in [6.45, 7) is 4.99. The predicted octanol–water partition coefficient (Wildman–Crippen LogP) is 2.57. The lowest BCUT2D eigenvalue weighted by Crippen LogP contribution is -2.52. The maximum absolute atomic E-state index is 13.2. The Morgan fingerprint density at radius 2 is 1.70 bits per heavy atom. The van der Waals surface area contributed by atoms with Gasteiger partial charge in [-0.05, 0) is 50.7 Å². The normalized spacial score (nSPS) is 19.7. The zero-order valence-corrected chi connectivity index (χ0v) is 19.1. The van der Waals surface area contributed by atoms with E-state index in [1.807, 2.05) is 41.3 Å². The molecule has 1 aliphatic carbocycles. The lowest BCUT2D eigenvalue weighted by Gasteiger charge is -2.39. The Bertz CT molecular complexity index is 1130. The van der Waals surface area contributed by atoms with Crippen molar-refractivity contribution < 1.29 is 4.79 Å². The summed E-state index contributed by atoms with van der Waals surface area (Å²) in [6.07, 6.45) is 12.1. The first-order chi connectivity index (χ1) is 16.3. The molecule has 1 amide bonds. The van der Waals surface area contributed by atoms with Crippen LogP contribution in [0, 0.1) is 5.92 Å². The lowest BCUT2D eigenvalue weighted by molar-refractivity contribution is -0.136. The minimum absolute atomic E-state index is 0.112. The van der Waals surface area contributed by atoms with E-state index >= 15 is 0 Å². The molecular weight excluding hydrogens is 414 g/mol. The van der Waals surface area contributed by atoms with Crippen LogP contribution in [0.5, 0.6) is 0 Å². The van der Waals surface area contributed by atoms with Crippen molar-refractivity contribution in [2.45, 2.75) is 38.5 Å². The molecule has 0 saturated carbocycles. The van der Waals surface area contributed by atoms with Crippen LogP contribution in [0.4, 0.5) is 11.6 Å². The van der Waals surface area contributed by atoms with E-state index in [4.69, 9.17) is 10.1 Å². The van der Waals surface area contributed by atoms with Gasteiger partial charge < -0.3 is 14.7 Å². The average Bonchev–Trinajstić information content (AvgIpc) is 3.28. The highest BCUT2D eigenvalue weighted by atomic mass is 16.2. The number of aryl methyl sites for hydroxylation is 2. The van der Waals surface area contributed by atoms with E-state index in [1.165, 1.54) is 29.6 Å². The predicted molar refractivity (Wildman–Crippen MR) is 128 cm³/mol. The van der Waals surface area contributed by atoms with Gasteiger partial charge in [0.15, 0.2) is 5.82 Å². The number of carbonyl (C=O) groups excluding carboxylic acids is 1. The second kappa shape index (κ2) is 8.65. The molecule has 33 heavy (non-hydrogen) atoms. The van der Waals surface area contributed by atoms with Gasteiger partial charge in [0.2, 0.25) is 5.91 Å². The van der Waals surface area contributed by atoms with Gasteiger partial charge in [-0.2, -0.15) is 5.10 Å². The van der Waals surface area contributed by atoms with Gasteiger partial charge >= 0.3 is 0 Å². The Hall–Kier alpha value is -3.16. The topological polar surface area (TPSA) is 69.9 Å². The van der Waals surface area contributed by atoms with Crippen LogP contribution in [0.3, 0.4) is 0 Å². The van der Waals surface area contributed by atoms with Gasteiger partial charge in [0, 0.05) is 69.3 Å². The van der Waals surface area contributed by atoms with Crippen molar-refractivity contribution in [3.63, 3.8) is 0 Å². The fraction of sp³-hybridized carbons (Fsp3) is 0.520. The smallest absolute Gasteiger partial charge is 0.225 e. The van der Waals surface area contributed by atoms with Gasteiger partial charge in [-0.15, -0.1) is 0 Å². The molecule has 3 aromatic rings. The van der Waals surface area contributed by atoms with E-state index in [-0.39, 0.29) is 5.92 Å². The summed E-state index contributed by atoms with van der Waals surface area (Å²) in [6, 6.07) is 6.00. The highest BCUT2D eigenvalue weighted by Gasteiger charge is 2.32. The van der Waals surface area contributed by atoms with Crippen molar-refractivity contribution in [3.05, 3.63) is 48.0 Å². The van der Waals surface area contributed by atoms with Crippen molar-refractivity contribution in [1.29, 1.82) is 0 Å². The zero-order valence-electron chi connectivity index (χ0n) is 19.1. The third kappa shape index (κ3) is 3.81. The molecule has 8 heteroatoms. The minimum atomic E-state index is 0.112. The molecule has 0 atom stereocenters. The number of aromatic nitrogens is 4. The standard InChI is InChI=1S/C25H31N7O/c33-25(31-17-15-29(16-18-31)22-7-3-4-10-26-22)19-8-12-30(13-9-19)24-23-20-5-1-2-6-21(20)28-32(23)14-11-27-24/h3-4,7,10-11,14,19H,1-2,5-6,8-9,12-13,15-18H2. The summed E-state index contributed by atoms with van der Waals surface area (Å²) in [5, 5.41) is 4.82. The van der Waals surface area contributed by atoms with E-state index in [9.17, 15) is 4.79 Å². The first kappa shape index (κ1) is 20.4. The van der Waals surface area contributed by atoms with E-state index in [0.717, 1.165) is 76.6 Å². The van der Waals surface area contributed by atoms with E-state index < -0.39 is 0 Å². The second-order valence-corrected chi connectivity index (χ2v) is 9.44. The van der Waals surface area contributed by atoms with Crippen molar-refractivity contribution in [3.8, 4) is 0 Å². The molecule has 0 radical (unpaired) electrons. The molecule has 6 rings (SSSR count). The van der Waals surface area contributed by atoms with Crippen LogP contribution in [-0.4, -0.2) is 69.7 Å². The van der Waals surface area contributed by atoms with Gasteiger partial charge in [0.25, 0.3) is 0 Å². The van der Waals surface area contributed by atoms with Crippen LogP contribution in [0.15, 0.2) is 36.8 Å². The number of amides is 1. The largest absolute Gasteiger partial charge is 0.355 e. The minimum Gasteiger partial charge on any atom is -0.355 e. The van der Waals surface area contributed by atoms with Crippen molar-refractivity contribution in [2.24, 2.45) is 5.92 Å². The maximum Gasteiger partial charge on any atom is 0.225 e. The summed E-state index contributed by atoms with van der Waals surface area (Å²) < 4.78 is 2.02. The first-order valence-electron chi connectivity index (χ1n) is 12.3.